The van der Waals surface area contributed by atoms with E-state index in [1.54, 1.807) is 0 Å². The van der Waals surface area contributed by atoms with Gasteiger partial charge < -0.3 is 4.74 Å². The Balaban J connectivity index is 2.12. The van der Waals surface area contributed by atoms with E-state index in [-0.39, 0.29) is 22.2 Å². The van der Waals surface area contributed by atoms with Crippen molar-refractivity contribution in [3.05, 3.63) is 58.9 Å². The van der Waals surface area contributed by atoms with Crippen molar-refractivity contribution in [3.63, 3.8) is 0 Å². The van der Waals surface area contributed by atoms with Crippen LogP contribution < -0.4 is 9.46 Å². The molecule has 0 spiro atoms. The largest absolute Gasteiger partial charge is 0.433 e. The summed E-state index contributed by atoms with van der Waals surface area (Å²) in [6.07, 6.45) is 0. The highest BCUT2D eigenvalue weighted by Gasteiger charge is 2.17. The SMILES string of the molecule is O=S(=O)(NCc1ccc(F)cc1)c1ccc(OC(F)F)c(Cl)c1. The quantitative estimate of drug-likeness (QED) is 0.851. The molecule has 0 amide bonds. The lowest BCUT2D eigenvalue weighted by Gasteiger charge is -2.10. The number of benzene rings is 2. The Morgan fingerprint density at radius 3 is 2.35 bits per heavy atom. The Bertz CT molecular complexity index is 782. The van der Waals surface area contributed by atoms with Crippen LogP contribution in [0, 0.1) is 5.82 Å². The van der Waals surface area contributed by atoms with Gasteiger partial charge in [0.2, 0.25) is 10.0 Å². The van der Waals surface area contributed by atoms with E-state index >= 15 is 0 Å². The average Bonchev–Trinajstić information content (AvgIpc) is 2.48. The normalized spacial score (nSPS) is 11.7. The fraction of sp³-hybridized carbons (Fsp3) is 0.143. The van der Waals surface area contributed by atoms with Gasteiger partial charge in [-0.15, -0.1) is 0 Å². The van der Waals surface area contributed by atoms with E-state index < -0.39 is 22.5 Å². The van der Waals surface area contributed by atoms with E-state index in [2.05, 4.69) is 9.46 Å². The number of nitrogens with one attached hydrogen (secondary N) is 1. The number of halogens is 4. The molecule has 0 aromatic heterocycles. The number of alkyl halides is 2. The summed E-state index contributed by atoms with van der Waals surface area (Å²) in [7, 11) is -3.91. The van der Waals surface area contributed by atoms with Crippen molar-refractivity contribution in [2.24, 2.45) is 0 Å². The second kappa shape index (κ2) is 7.20. The van der Waals surface area contributed by atoms with Crippen LogP contribution in [0.15, 0.2) is 47.4 Å². The molecule has 0 bridgehead atoms. The molecule has 2 aromatic carbocycles. The van der Waals surface area contributed by atoms with Crippen molar-refractivity contribution >= 4 is 21.6 Å². The van der Waals surface area contributed by atoms with Crippen LogP contribution >= 0.6 is 11.6 Å². The molecular weight excluding hydrogens is 355 g/mol. The van der Waals surface area contributed by atoms with E-state index in [0.29, 0.717) is 5.56 Å². The maximum atomic E-state index is 12.8. The molecule has 0 saturated carbocycles. The second-order valence-corrected chi connectivity index (χ2v) is 6.60. The first-order valence-electron chi connectivity index (χ1n) is 6.26. The van der Waals surface area contributed by atoms with Gasteiger partial charge in [-0.3, -0.25) is 0 Å². The average molecular weight is 366 g/mol. The second-order valence-electron chi connectivity index (χ2n) is 4.42. The standard InChI is InChI=1S/C14H11ClF3NO3S/c15-12-7-11(5-6-13(12)22-14(17)18)23(20,21)19-8-9-1-3-10(16)4-2-9/h1-7,14,19H,8H2. The van der Waals surface area contributed by atoms with Gasteiger partial charge in [-0.05, 0) is 35.9 Å². The summed E-state index contributed by atoms with van der Waals surface area (Å²) in [6.45, 7) is -3.12. The van der Waals surface area contributed by atoms with Crippen molar-refractivity contribution in [1.82, 2.24) is 4.72 Å². The van der Waals surface area contributed by atoms with Crippen molar-refractivity contribution in [1.29, 1.82) is 0 Å². The molecule has 0 heterocycles. The molecule has 0 aliphatic carbocycles. The molecule has 23 heavy (non-hydrogen) atoms. The monoisotopic (exact) mass is 365 g/mol. The summed E-state index contributed by atoms with van der Waals surface area (Å²) in [4.78, 5) is -0.203. The maximum absolute atomic E-state index is 12.8. The van der Waals surface area contributed by atoms with Gasteiger partial charge in [0.15, 0.2) is 0 Å². The van der Waals surface area contributed by atoms with Gasteiger partial charge in [0, 0.05) is 6.54 Å². The fourth-order valence-electron chi connectivity index (χ4n) is 1.70. The van der Waals surface area contributed by atoms with E-state index in [4.69, 9.17) is 11.6 Å². The smallest absolute Gasteiger partial charge is 0.387 e. The topological polar surface area (TPSA) is 55.4 Å². The summed E-state index contributed by atoms with van der Waals surface area (Å²) in [5.74, 6) is -0.753. The van der Waals surface area contributed by atoms with Crippen molar-refractivity contribution < 1.29 is 26.3 Å². The highest BCUT2D eigenvalue weighted by atomic mass is 35.5. The minimum absolute atomic E-state index is 0.0600. The first-order chi connectivity index (χ1) is 10.8. The lowest BCUT2D eigenvalue weighted by molar-refractivity contribution is -0.0498. The van der Waals surface area contributed by atoms with Gasteiger partial charge in [-0.25, -0.2) is 17.5 Å². The third-order valence-electron chi connectivity index (χ3n) is 2.81. The van der Waals surface area contributed by atoms with Gasteiger partial charge in [-0.1, -0.05) is 23.7 Å². The highest BCUT2D eigenvalue weighted by molar-refractivity contribution is 7.89. The van der Waals surface area contributed by atoms with E-state index in [1.165, 1.54) is 24.3 Å². The fourth-order valence-corrected chi connectivity index (χ4v) is 3.04. The predicted molar refractivity (Wildman–Crippen MR) is 78.5 cm³/mol. The summed E-state index contributed by atoms with van der Waals surface area (Å²) < 4.78 is 67.7. The molecule has 0 atom stereocenters. The minimum Gasteiger partial charge on any atom is -0.433 e. The molecule has 2 rings (SSSR count). The summed E-state index contributed by atoms with van der Waals surface area (Å²) >= 11 is 5.72. The molecule has 0 radical (unpaired) electrons. The zero-order valence-corrected chi connectivity index (χ0v) is 13.0. The van der Waals surface area contributed by atoms with Crippen LogP contribution in [0.1, 0.15) is 5.56 Å². The summed E-state index contributed by atoms with van der Waals surface area (Å²) in [5, 5.41) is -0.255. The first-order valence-corrected chi connectivity index (χ1v) is 8.12. The third-order valence-corrected chi connectivity index (χ3v) is 4.50. The Morgan fingerprint density at radius 2 is 1.78 bits per heavy atom. The van der Waals surface area contributed by atoms with Crippen LogP contribution in [0.5, 0.6) is 5.75 Å². The van der Waals surface area contributed by atoms with Gasteiger partial charge in [0.1, 0.15) is 11.6 Å². The number of rotatable bonds is 6. The molecule has 9 heteroatoms. The van der Waals surface area contributed by atoms with Gasteiger partial charge in [0.05, 0.1) is 9.92 Å². The van der Waals surface area contributed by atoms with Crippen LogP contribution in [-0.4, -0.2) is 15.0 Å². The number of ether oxygens (including phenoxy) is 1. The Labute approximate surface area is 135 Å². The molecule has 4 nitrogen and oxygen atoms in total. The highest BCUT2D eigenvalue weighted by Crippen LogP contribution is 2.28. The van der Waals surface area contributed by atoms with Crippen LogP contribution in [0.4, 0.5) is 13.2 Å². The lowest BCUT2D eigenvalue weighted by Crippen LogP contribution is -2.23. The van der Waals surface area contributed by atoms with E-state index in [9.17, 15) is 21.6 Å². The van der Waals surface area contributed by atoms with Gasteiger partial charge in [-0.2, -0.15) is 8.78 Å². The minimum atomic E-state index is -3.91. The van der Waals surface area contributed by atoms with Crippen LogP contribution in [0.25, 0.3) is 0 Å². The van der Waals surface area contributed by atoms with Gasteiger partial charge >= 0.3 is 6.61 Å². The maximum Gasteiger partial charge on any atom is 0.387 e. The Hall–Kier alpha value is -1.77. The Morgan fingerprint density at radius 1 is 1.13 bits per heavy atom. The molecule has 0 saturated heterocycles. The zero-order chi connectivity index (χ0) is 17.0. The number of hydrogen-bond acceptors (Lipinski definition) is 3. The number of hydrogen-bond donors (Lipinski definition) is 1. The molecule has 0 aliphatic heterocycles. The molecule has 0 aliphatic rings. The van der Waals surface area contributed by atoms with Crippen LogP contribution in [0.2, 0.25) is 5.02 Å². The van der Waals surface area contributed by atoms with Crippen molar-refractivity contribution in [2.75, 3.05) is 0 Å². The molecule has 0 fully saturated rings. The Kier molecular flexibility index (Phi) is 5.51. The molecule has 1 N–H and O–H groups in total. The number of sulfonamides is 1. The molecular formula is C14H11ClF3NO3S. The van der Waals surface area contributed by atoms with Crippen molar-refractivity contribution in [3.8, 4) is 5.75 Å². The van der Waals surface area contributed by atoms with E-state index in [1.807, 2.05) is 0 Å². The lowest BCUT2D eigenvalue weighted by atomic mass is 10.2. The van der Waals surface area contributed by atoms with Crippen LogP contribution in [0.3, 0.4) is 0 Å². The first kappa shape index (κ1) is 17.6. The zero-order valence-electron chi connectivity index (χ0n) is 11.5. The third kappa shape index (κ3) is 4.85. The molecule has 124 valence electrons. The predicted octanol–water partition coefficient (Wildman–Crippen LogP) is 3.56. The van der Waals surface area contributed by atoms with Crippen molar-refractivity contribution in [2.45, 2.75) is 18.1 Å². The summed E-state index contributed by atoms with van der Waals surface area (Å²) in [6, 6.07) is 8.42. The van der Waals surface area contributed by atoms with Crippen LogP contribution in [-0.2, 0) is 16.6 Å². The summed E-state index contributed by atoms with van der Waals surface area (Å²) in [5.41, 5.74) is 0.554. The van der Waals surface area contributed by atoms with Gasteiger partial charge in [0.25, 0.3) is 0 Å². The molecule has 0 unspecified atom stereocenters. The molecule has 2 aromatic rings. The van der Waals surface area contributed by atoms with E-state index in [0.717, 1.165) is 18.2 Å².